The third-order valence-corrected chi connectivity index (χ3v) is 2.51. The van der Waals surface area contributed by atoms with E-state index in [-0.39, 0.29) is 11.1 Å². The van der Waals surface area contributed by atoms with E-state index in [2.05, 4.69) is 10.2 Å². The van der Waals surface area contributed by atoms with Crippen molar-refractivity contribution in [1.29, 1.82) is 0 Å². The van der Waals surface area contributed by atoms with Crippen LogP contribution < -0.4 is 5.73 Å². The molecular weight excluding hydrogens is 259 g/mol. The standard InChI is InChI=1S/C12H8F3N3O/c13-12(14,15)8-1-2-9(10(5-8)11(16)19)7-3-4-17-18-6-7/h1-6H,(H2,16,19). The summed E-state index contributed by atoms with van der Waals surface area (Å²) in [5, 5.41) is 7.16. The first-order valence-corrected chi connectivity index (χ1v) is 5.17. The highest BCUT2D eigenvalue weighted by Crippen LogP contribution is 2.33. The molecule has 0 aliphatic rings. The number of halogens is 3. The molecule has 0 atom stereocenters. The quantitative estimate of drug-likeness (QED) is 0.907. The van der Waals surface area contributed by atoms with Gasteiger partial charge in [-0.25, -0.2) is 0 Å². The first kappa shape index (κ1) is 13.0. The van der Waals surface area contributed by atoms with E-state index < -0.39 is 17.6 Å². The van der Waals surface area contributed by atoms with Gasteiger partial charge in [0.15, 0.2) is 0 Å². The average Bonchev–Trinajstić information content (AvgIpc) is 2.38. The maximum absolute atomic E-state index is 12.6. The van der Waals surface area contributed by atoms with E-state index in [9.17, 15) is 18.0 Å². The molecule has 0 saturated carbocycles. The summed E-state index contributed by atoms with van der Waals surface area (Å²) in [7, 11) is 0. The summed E-state index contributed by atoms with van der Waals surface area (Å²) < 4.78 is 37.8. The van der Waals surface area contributed by atoms with Gasteiger partial charge in [0.2, 0.25) is 5.91 Å². The van der Waals surface area contributed by atoms with E-state index >= 15 is 0 Å². The number of nitrogens with zero attached hydrogens (tertiary/aromatic N) is 2. The minimum atomic E-state index is -4.53. The molecule has 98 valence electrons. The zero-order valence-corrected chi connectivity index (χ0v) is 9.48. The summed E-state index contributed by atoms with van der Waals surface area (Å²) in [5.41, 5.74) is 4.75. The van der Waals surface area contributed by atoms with Crippen LogP contribution in [0.3, 0.4) is 0 Å². The molecule has 2 N–H and O–H groups in total. The Morgan fingerprint density at radius 2 is 1.89 bits per heavy atom. The molecule has 1 aromatic heterocycles. The number of primary amides is 1. The van der Waals surface area contributed by atoms with E-state index in [1.165, 1.54) is 24.5 Å². The Morgan fingerprint density at radius 1 is 1.16 bits per heavy atom. The zero-order valence-electron chi connectivity index (χ0n) is 9.48. The van der Waals surface area contributed by atoms with Gasteiger partial charge in [-0.15, -0.1) is 0 Å². The fourth-order valence-electron chi connectivity index (χ4n) is 1.63. The lowest BCUT2D eigenvalue weighted by atomic mass is 9.98. The fourth-order valence-corrected chi connectivity index (χ4v) is 1.63. The molecule has 1 aromatic carbocycles. The fraction of sp³-hybridized carbons (Fsp3) is 0.0833. The van der Waals surface area contributed by atoms with Crippen molar-refractivity contribution in [3.63, 3.8) is 0 Å². The maximum Gasteiger partial charge on any atom is 0.416 e. The summed E-state index contributed by atoms with van der Waals surface area (Å²) in [6, 6.07) is 4.35. The van der Waals surface area contributed by atoms with Crippen LogP contribution >= 0.6 is 0 Å². The normalized spacial score (nSPS) is 11.3. The number of alkyl halides is 3. The third kappa shape index (κ3) is 2.70. The molecule has 0 unspecified atom stereocenters. The second-order valence-electron chi connectivity index (χ2n) is 3.75. The van der Waals surface area contributed by atoms with Crippen LogP contribution in [0.1, 0.15) is 15.9 Å². The number of nitrogens with two attached hydrogens (primary N) is 1. The topological polar surface area (TPSA) is 68.9 Å². The molecule has 1 amide bonds. The summed E-state index contributed by atoms with van der Waals surface area (Å²) in [6.07, 6.45) is -1.81. The molecular formula is C12H8F3N3O. The van der Waals surface area contributed by atoms with Crippen molar-refractivity contribution < 1.29 is 18.0 Å². The van der Waals surface area contributed by atoms with Gasteiger partial charge < -0.3 is 5.73 Å². The zero-order chi connectivity index (χ0) is 14.0. The summed E-state index contributed by atoms with van der Waals surface area (Å²) in [5.74, 6) is -0.932. The van der Waals surface area contributed by atoms with Crippen molar-refractivity contribution in [2.75, 3.05) is 0 Å². The van der Waals surface area contributed by atoms with Gasteiger partial charge in [-0.05, 0) is 23.8 Å². The summed E-state index contributed by atoms with van der Waals surface area (Å²) >= 11 is 0. The van der Waals surface area contributed by atoms with E-state index in [1.54, 1.807) is 0 Å². The molecule has 0 radical (unpaired) electrons. The van der Waals surface area contributed by atoms with Gasteiger partial charge in [0.25, 0.3) is 0 Å². The van der Waals surface area contributed by atoms with Crippen LogP contribution in [-0.2, 0) is 6.18 Å². The molecule has 4 nitrogen and oxygen atoms in total. The van der Waals surface area contributed by atoms with Gasteiger partial charge in [0, 0.05) is 11.1 Å². The molecule has 0 aliphatic carbocycles. The van der Waals surface area contributed by atoms with Gasteiger partial charge in [-0.3, -0.25) is 4.79 Å². The van der Waals surface area contributed by atoms with E-state index in [0.717, 1.165) is 12.1 Å². The third-order valence-electron chi connectivity index (χ3n) is 2.51. The van der Waals surface area contributed by atoms with Gasteiger partial charge in [-0.2, -0.15) is 23.4 Å². The SMILES string of the molecule is NC(=O)c1cc(C(F)(F)F)ccc1-c1ccnnc1. The average molecular weight is 267 g/mol. The highest BCUT2D eigenvalue weighted by molar-refractivity contribution is 6.00. The molecule has 2 aromatic rings. The lowest BCUT2D eigenvalue weighted by Gasteiger charge is -2.11. The van der Waals surface area contributed by atoms with Crippen LogP contribution in [-0.4, -0.2) is 16.1 Å². The van der Waals surface area contributed by atoms with Crippen molar-refractivity contribution in [3.05, 3.63) is 47.8 Å². The van der Waals surface area contributed by atoms with Crippen LogP contribution in [0.15, 0.2) is 36.7 Å². The number of amides is 1. The van der Waals surface area contributed by atoms with Gasteiger partial charge in [-0.1, -0.05) is 6.07 Å². The predicted octanol–water partition coefficient (Wildman–Crippen LogP) is 2.26. The molecule has 0 aliphatic heterocycles. The second-order valence-corrected chi connectivity index (χ2v) is 3.75. The van der Waals surface area contributed by atoms with Crippen molar-refractivity contribution in [3.8, 4) is 11.1 Å². The van der Waals surface area contributed by atoms with Crippen molar-refractivity contribution in [2.24, 2.45) is 5.73 Å². The smallest absolute Gasteiger partial charge is 0.366 e. The number of rotatable bonds is 2. The maximum atomic E-state index is 12.6. The Balaban J connectivity index is 2.61. The number of benzene rings is 1. The van der Waals surface area contributed by atoms with Gasteiger partial charge >= 0.3 is 6.18 Å². The lowest BCUT2D eigenvalue weighted by Crippen LogP contribution is -2.15. The number of hydrogen-bond acceptors (Lipinski definition) is 3. The predicted molar refractivity (Wildman–Crippen MR) is 61.0 cm³/mol. The number of carbonyl (C=O) groups is 1. The number of carbonyl (C=O) groups excluding carboxylic acids is 1. The molecule has 0 fully saturated rings. The molecule has 1 heterocycles. The highest BCUT2D eigenvalue weighted by atomic mass is 19.4. The Kier molecular flexibility index (Phi) is 3.20. The molecule has 0 spiro atoms. The first-order valence-electron chi connectivity index (χ1n) is 5.17. The minimum absolute atomic E-state index is 0.206. The van der Waals surface area contributed by atoms with Crippen LogP contribution in [0.4, 0.5) is 13.2 Å². The molecule has 0 bridgehead atoms. The number of aromatic nitrogens is 2. The van der Waals surface area contributed by atoms with Crippen LogP contribution in [0.2, 0.25) is 0 Å². The molecule has 0 saturated heterocycles. The number of hydrogen-bond donors (Lipinski definition) is 1. The molecule has 19 heavy (non-hydrogen) atoms. The molecule has 7 heteroatoms. The van der Waals surface area contributed by atoms with Crippen LogP contribution in [0.5, 0.6) is 0 Å². The Hall–Kier alpha value is -2.44. The van der Waals surface area contributed by atoms with Crippen molar-refractivity contribution in [2.45, 2.75) is 6.18 Å². The summed E-state index contributed by atoms with van der Waals surface area (Å²) in [4.78, 5) is 11.3. The molecule has 2 rings (SSSR count). The Labute approximate surface area is 106 Å². The Bertz CT molecular complexity index is 611. The highest BCUT2D eigenvalue weighted by Gasteiger charge is 2.31. The van der Waals surface area contributed by atoms with Gasteiger partial charge in [0.05, 0.1) is 18.0 Å². The van der Waals surface area contributed by atoms with E-state index in [0.29, 0.717) is 5.56 Å². The monoisotopic (exact) mass is 267 g/mol. The summed E-state index contributed by atoms with van der Waals surface area (Å²) in [6.45, 7) is 0. The lowest BCUT2D eigenvalue weighted by molar-refractivity contribution is -0.137. The minimum Gasteiger partial charge on any atom is -0.366 e. The second kappa shape index (κ2) is 4.68. The van der Waals surface area contributed by atoms with Crippen LogP contribution in [0, 0.1) is 0 Å². The van der Waals surface area contributed by atoms with Crippen molar-refractivity contribution >= 4 is 5.91 Å². The van der Waals surface area contributed by atoms with E-state index in [4.69, 9.17) is 5.73 Å². The largest absolute Gasteiger partial charge is 0.416 e. The van der Waals surface area contributed by atoms with Crippen LogP contribution in [0.25, 0.3) is 11.1 Å². The van der Waals surface area contributed by atoms with E-state index in [1.807, 2.05) is 0 Å². The van der Waals surface area contributed by atoms with Gasteiger partial charge in [0.1, 0.15) is 0 Å². The first-order chi connectivity index (χ1) is 8.89. The Morgan fingerprint density at radius 3 is 2.42 bits per heavy atom. The van der Waals surface area contributed by atoms with Crippen molar-refractivity contribution in [1.82, 2.24) is 10.2 Å².